The molecule has 1 aromatic carbocycles. The second-order valence-corrected chi connectivity index (χ2v) is 4.45. The lowest BCUT2D eigenvalue weighted by molar-refractivity contribution is 0.414. The predicted octanol–water partition coefficient (Wildman–Crippen LogP) is 2.09. The molecule has 82 valence electrons. The summed E-state index contributed by atoms with van der Waals surface area (Å²) in [5.41, 5.74) is 1.41. The van der Waals surface area contributed by atoms with Gasteiger partial charge in [-0.2, -0.15) is 0 Å². The van der Waals surface area contributed by atoms with Crippen LogP contribution in [0.2, 0.25) is 0 Å². The van der Waals surface area contributed by atoms with Gasteiger partial charge in [-0.25, -0.2) is 0 Å². The highest BCUT2D eigenvalue weighted by Crippen LogP contribution is 2.22. The van der Waals surface area contributed by atoms with E-state index in [-0.39, 0.29) is 0 Å². The molecule has 0 aromatic heterocycles. The lowest BCUT2D eigenvalue weighted by Crippen LogP contribution is -2.12. The summed E-state index contributed by atoms with van der Waals surface area (Å²) in [5, 5.41) is 3.44. The van der Waals surface area contributed by atoms with E-state index in [1.807, 2.05) is 12.1 Å². The maximum Gasteiger partial charge on any atom is 0.118 e. The molecule has 1 aromatic rings. The lowest BCUT2D eigenvalue weighted by atomic mass is 9.91. The van der Waals surface area contributed by atoms with Crippen LogP contribution in [0.5, 0.6) is 5.75 Å². The monoisotopic (exact) mass is 205 g/mol. The summed E-state index contributed by atoms with van der Waals surface area (Å²) in [6, 6.07) is 8.43. The van der Waals surface area contributed by atoms with Gasteiger partial charge in [0.25, 0.3) is 0 Å². The molecule has 1 fully saturated rings. The minimum Gasteiger partial charge on any atom is -0.497 e. The Labute approximate surface area is 91.6 Å². The Bertz CT molecular complexity index is 307. The van der Waals surface area contributed by atoms with Crippen molar-refractivity contribution < 1.29 is 4.74 Å². The molecular weight excluding hydrogens is 186 g/mol. The normalized spacial score (nSPS) is 25.5. The van der Waals surface area contributed by atoms with E-state index in [4.69, 9.17) is 4.74 Å². The average molecular weight is 205 g/mol. The van der Waals surface area contributed by atoms with Crippen LogP contribution in [0.3, 0.4) is 0 Å². The van der Waals surface area contributed by atoms with Crippen LogP contribution in [0.1, 0.15) is 12.5 Å². The third-order valence-corrected chi connectivity index (χ3v) is 3.33. The molecule has 0 radical (unpaired) electrons. The predicted molar refractivity (Wildman–Crippen MR) is 62.2 cm³/mol. The van der Waals surface area contributed by atoms with E-state index >= 15 is 0 Å². The summed E-state index contributed by atoms with van der Waals surface area (Å²) in [6.07, 6.45) is 1.18. The fourth-order valence-electron chi connectivity index (χ4n) is 2.20. The van der Waals surface area contributed by atoms with Crippen LogP contribution in [0.15, 0.2) is 24.3 Å². The Morgan fingerprint density at radius 2 is 2.00 bits per heavy atom. The summed E-state index contributed by atoms with van der Waals surface area (Å²) in [4.78, 5) is 0. The molecule has 2 nitrogen and oxygen atoms in total. The van der Waals surface area contributed by atoms with Crippen molar-refractivity contribution in [2.75, 3.05) is 20.2 Å². The highest BCUT2D eigenvalue weighted by atomic mass is 16.5. The van der Waals surface area contributed by atoms with Crippen molar-refractivity contribution in [3.8, 4) is 5.75 Å². The third kappa shape index (κ3) is 2.51. The number of methoxy groups -OCH3 is 1. The largest absolute Gasteiger partial charge is 0.497 e. The fraction of sp³-hybridized carbons (Fsp3) is 0.538. The van der Waals surface area contributed by atoms with Gasteiger partial charge >= 0.3 is 0 Å². The van der Waals surface area contributed by atoms with Crippen molar-refractivity contribution in [1.82, 2.24) is 5.32 Å². The molecule has 0 spiro atoms. The van der Waals surface area contributed by atoms with Crippen LogP contribution in [0.4, 0.5) is 0 Å². The summed E-state index contributed by atoms with van der Waals surface area (Å²) in [6.45, 7) is 4.65. The first kappa shape index (κ1) is 10.5. The molecule has 2 rings (SSSR count). The second kappa shape index (κ2) is 4.67. The lowest BCUT2D eigenvalue weighted by Gasteiger charge is -2.14. The van der Waals surface area contributed by atoms with Gasteiger partial charge in [0.1, 0.15) is 5.75 Å². The molecule has 0 saturated carbocycles. The molecule has 1 aliphatic rings. The van der Waals surface area contributed by atoms with E-state index in [1.54, 1.807) is 7.11 Å². The zero-order valence-corrected chi connectivity index (χ0v) is 9.49. The molecule has 0 amide bonds. The van der Waals surface area contributed by atoms with Gasteiger partial charge in [-0.15, -0.1) is 0 Å². The van der Waals surface area contributed by atoms with Crippen molar-refractivity contribution >= 4 is 0 Å². The van der Waals surface area contributed by atoms with E-state index < -0.39 is 0 Å². The average Bonchev–Trinajstić information content (AvgIpc) is 2.66. The first-order chi connectivity index (χ1) is 7.29. The number of hydrogen-bond donors (Lipinski definition) is 1. The maximum absolute atomic E-state index is 5.15. The van der Waals surface area contributed by atoms with E-state index in [1.165, 1.54) is 18.5 Å². The minimum atomic E-state index is 0.790. The van der Waals surface area contributed by atoms with Gasteiger partial charge in [-0.1, -0.05) is 19.1 Å². The molecule has 1 N–H and O–H groups in total. The minimum absolute atomic E-state index is 0.790. The summed E-state index contributed by atoms with van der Waals surface area (Å²) in [7, 11) is 1.71. The zero-order valence-electron chi connectivity index (χ0n) is 9.49. The quantitative estimate of drug-likeness (QED) is 0.816. The molecule has 15 heavy (non-hydrogen) atoms. The Balaban J connectivity index is 1.98. The van der Waals surface area contributed by atoms with Crippen LogP contribution >= 0.6 is 0 Å². The van der Waals surface area contributed by atoms with Gasteiger partial charge in [-0.3, -0.25) is 0 Å². The van der Waals surface area contributed by atoms with Crippen molar-refractivity contribution in [3.63, 3.8) is 0 Å². The number of rotatable bonds is 3. The summed E-state index contributed by atoms with van der Waals surface area (Å²) >= 11 is 0. The standard InChI is InChI=1S/C13H19NO/c1-10-8-14-9-12(10)7-11-3-5-13(15-2)6-4-11/h3-6,10,12,14H,7-9H2,1-2H3/t10-,12-/m1/s1. The van der Waals surface area contributed by atoms with Gasteiger partial charge < -0.3 is 10.1 Å². The van der Waals surface area contributed by atoms with E-state index in [2.05, 4.69) is 24.4 Å². The topological polar surface area (TPSA) is 21.3 Å². The number of benzene rings is 1. The fourth-order valence-corrected chi connectivity index (χ4v) is 2.20. The van der Waals surface area contributed by atoms with Crippen molar-refractivity contribution in [1.29, 1.82) is 0 Å². The molecule has 2 heteroatoms. The Hall–Kier alpha value is -1.02. The molecule has 1 heterocycles. The van der Waals surface area contributed by atoms with Crippen LogP contribution in [-0.2, 0) is 6.42 Å². The van der Waals surface area contributed by atoms with Crippen LogP contribution in [-0.4, -0.2) is 20.2 Å². The van der Waals surface area contributed by atoms with Gasteiger partial charge in [0.15, 0.2) is 0 Å². The Morgan fingerprint density at radius 1 is 1.27 bits per heavy atom. The molecule has 2 atom stereocenters. The van der Waals surface area contributed by atoms with Crippen molar-refractivity contribution in [2.24, 2.45) is 11.8 Å². The Morgan fingerprint density at radius 3 is 2.53 bits per heavy atom. The summed E-state index contributed by atoms with van der Waals surface area (Å²) < 4.78 is 5.15. The highest BCUT2D eigenvalue weighted by Gasteiger charge is 2.22. The van der Waals surface area contributed by atoms with E-state index in [0.29, 0.717) is 0 Å². The van der Waals surface area contributed by atoms with E-state index in [9.17, 15) is 0 Å². The molecule has 0 aliphatic carbocycles. The molecule has 0 bridgehead atoms. The third-order valence-electron chi connectivity index (χ3n) is 3.33. The maximum atomic E-state index is 5.15. The van der Waals surface area contributed by atoms with Crippen LogP contribution < -0.4 is 10.1 Å². The van der Waals surface area contributed by atoms with Gasteiger partial charge in [0.2, 0.25) is 0 Å². The van der Waals surface area contributed by atoms with Gasteiger partial charge in [-0.05, 0) is 49.0 Å². The molecule has 1 aliphatic heterocycles. The molecule has 1 saturated heterocycles. The molecule has 0 unspecified atom stereocenters. The first-order valence-electron chi connectivity index (χ1n) is 5.63. The Kier molecular flexibility index (Phi) is 3.27. The van der Waals surface area contributed by atoms with Gasteiger partial charge in [0.05, 0.1) is 7.11 Å². The first-order valence-corrected chi connectivity index (χ1v) is 5.63. The van der Waals surface area contributed by atoms with Crippen LogP contribution in [0.25, 0.3) is 0 Å². The number of ether oxygens (including phenoxy) is 1. The summed E-state index contributed by atoms with van der Waals surface area (Å²) in [5.74, 6) is 2.53. The van der Waals surface area contributed by atoms with Crippen molar-refractivity contribution in [3.05, 3.63) is 29.8 Å². The second-order valence-electron chi connectivity index (χ2n) is 4.45. The van der Waals surface area contributed by atoms with Crippen molar-refractivity contribution in [2.45, 2.75) is 13.3 Å². The zero-order chi connectivity index (χ0) is 10.7. The highest BCUT2D eigenvalue weighted by molar-refractivity contribution is 5.27. The SMILES string of the molecule is COc1ccc(C[C@@H]2CNC[C@H]2C)cc1. The number of hydrogen-bond acceptors (Lipinski definition) is 2. The molecular formula is C13H19NO. The van der Waals surface area contributed by atoms with Crippen LogP contribution in [0, 0.1) is 11.8 Å². The number of nitrogens with one attached hydrogen (secondary N) is 1. The van der Waals surface area contributed by atoms with E-state index in [0.717, 1.165) is 24.1 Å². The van der Waals surface area contributed by atoms with Gasteiger partial charge in [0, 0.05) is 0 Å². The smallest absolute Gasteiger partial charge is 0.118 e.